The van der Waals surface area contributed by atoms with Crippen LogP contribution < -0.4 is 0 Å². The third-order valence-corrected chi connectivity index (χ3v) is 2.22. The van der Waals surface area contributed by atoms with Crippen molar-refractivity contribution in [2.24, 2.45) is 0 Å². The molecule has 7 nitrogen and oxygen atoms in total. The molecule has 0 amide bonds. The maximum Gasteiger partial charge on any atom is 0.278 e. The highest BCUT2D eigenvalue weighted by atomic mass is 32.3. The summed E-state index contributed by atoms with van der Waals surface area (Å²) in [4.78, 5) is 0. The van der Waals surface area contributed by atoms with Crippen LogP contribution in [0.15, 0.2) is 0 Å². The van der Waals surface area contributed by atoms with Gasteiger partial charge < -0.3 is 0 Å². The molecule has 0 aliphatic rings. The van der Waals surface area contributed by atoms with E-state index in [-0.39, 0.29) is 14.9 Å². The summed E-state index contributed by atoms with van der Waals surface area (Å²) in [6.07, 6.45) is 3.64. The molecule has 0 aromatic carbocycles. The fraction of sp³-hybridized carbons (Fsp3) is 1.00. The van der Waals surface area contributed by atoms with E-state index >= 15 is 0 Å². The van der Waals surface area contributed by atoms with Gasteiger partial charge in [-0.1, -0.05) is 14.9 Å². The molecule has 0 heterocycles. The molecule has 104 valence electrons. The van der Waals surface area contributed by atoms with E-state index in [4.69, 9.17) is 0 Å². The lowest BCUT2D eigenvalue weighted by atomic mass is 11.9. The Balaban J connectivity index is -0.0000000904. The molecule has 0 aliphatic carbocycles. The summed E-state index contributed by atoms with van der Waals surface area (Å²) in [6.45, 7) is 0. The van der Waals surface area contributed by atoms with Gasteiger partial charge in [0.1, 0.15) is 9.84 Å². The number of rotatable bonds is 2. The Kier molecular flexibility index (Phi) is 12.4. The molecule has 0 saturated carbocycles. The SMILES string of the molecule is C.C.CS(=O)(=O)OS(C)(=O)=O.CS(C)(=O)=O. The normalized spacial score (nSPS) is 11.2. The molecule has 0 rings (SSSR count). The Hall–Kier alpha value is -0.190. The highest BCUT2D eigenvalue weighted by Gasteiger charge is 2.10. The summed E-state index contributed by atoms with van der Waals surface area (Å²) in [7, 11) is -10.4. The minimum Gasteiger partial charge on any atom is -0.229 e. The second kappa shape index (κ2) is 7.98. The predicted octanol–water partition coefficient (Wildman–Crippen LogP) is -0.145. The van der Waals surface area contributed by atoms with Crippen LogP contribution in [0.5, 0.6) is 0 Å². The average Bonchev–Trinajstić information content (AvgIpc) is 1.42. The molecule has 0 aromatic rings. The molecule has 0 spiro atoms. The Bertz CT molecular complexity index is 416. The van der Waals surface area contributed by atoms with Crippen LogP contribution in [-0.4, -0.2) is 50.3 Å². The lowest BCUT2D eigenvalue weighted by Crippen LogP contribution is -2.09. The van der Waals surface area contributed by atoms with E-state index in [0.717, 1.165) is 12.5 Å². The van der Waals surface area contributed by atoms with E-state index in [2.05, 4.69) is 3.63 Å². The molecule has 0 unspecified atom stereocenters. The van der Waals surface area contributed by atoms with Gasteiger partial charge in [0.05, 0.1) is 12.5 Å². The maximum absolute atomic E-state index is 10.0. The van der Waals surface area contributed by atoms with Gasteiger partial charge in [0.2, 0.25) is 0 Å². The molecule has 0 radical (unpaired) electrons. The second-order valence-electron chi connectivity index (χ2n) is 2.62. The lowest BCUT2D eigenvalue weighted by Gasteiger charge is -1.92. The first-order valence-corrected chi connectivity index (χ1v) is 8.90. The second-order valence-corrected chi connectivity index (χ2v) is 8.27. The first-order chi connectivity index (χ1) is 5.71. The van der Waals surface area contributed by atoms with E-state index in [9.17, 15) is 25.3 Å². The predicted molar refractivity (Wildman–Crippen MR) is 65.0 cm³/mol. The fourth-order valence-electron chi connectivity index (χ4n) is 0.225. The minimum atomic E-state index is -3.87. The lowest BCUT2D eigenvalue weighted by molar-refractivity contribution is 0.471. The third-order valence-electron chi connectivity index (χ3n) is 0.247. The molecular weight excluding hydrogens is 280 g/mol. The zero-order chi connectivity index (χ0) is 12.2. The summed E-state index contributed by atoms with van der Waals surface area (Å²) in [5.74, 6) is 0. The molecule has 16 heavy (non-hydrogen) atoms. The van der Waals surface area contributed by atoms with Gasteiger partial charge in [0, 0.05) is 12.5 Å². The van der Waals surface area contributed by atoms with Crippen LogP contribution in [0.1, 0.15) is 14.9 Å². The molecule has 0 atom stereocenters. The molecule has 0 fully saturated rings. The third kappa shape index (κ3) is 67.1. The van der Waals surface area contributed by atoms with Crippen molar-refractivity contribution in [1.82, 2.24) is 0 Å². The van der Waals surface area contributed by atoms with Crippen molar-refractivity contribution in [2.75, 3.05) is 25.0 Å². The summed E-state index contributed by atoms with van der Waals surface area (Å²) < 4.78 is 63.0. The summed E-state index contributed by atoms with van der Waals surface area (Å²) in [6, 6.07) is 0. The Morgan fingerprint density at radius 1 is 0.625 bits per heavy atom. The van der Waals surface area contributed by atoms with Crippen molar-refractivity contribution in [2.45, 2.75) is 14.9 Å². The van der Waals surface area contributed by atoms with Crippen molar-refractivity contribution in [1.29, 1.82) is 0 Å². The standard InChI is InChI=1S/C2H6O5S2.C2H6O2S.2CH4/c1-8(3,4)7-9(2,5)6;1-5(2,3)4;;/h1-2H3;1-2H3;2*1H4. The zero-order valence-electron chi connectivity index (χ0n) is 8.08. The van der Waals surface area contributed by atoms with Crippen LogP contribution in [0.2, 0.25) is 0 Å². The quantitative estimate of drug-likeness (QED) is 0.697. The minimum absolute atomic E-state index is 0. The van der Waals surface area contributed by atoms with Crippen molar-refractivity contribution in [3.8, 4) is 0 Å². The monoisotopic (exact) mass is 300 g/mol. The van der Waals surface area contributed by atoms with Crippen LogP contribution in [-0.2, 0) is 33.7 Å². The summed E-state index contributed by atoms with van der Waals surface area (Å²) in [5, 5.41) is 0. The molecule has 0 saturated heterocycles. The Labute approximate surface area is 99.0 Å². The highest BCUT2D eigenvalue weighted by molar-refractivity contribution is 7.99. The van der Waals surface area contributed by atoms with Crippen LogP contribution in [0.3, 0.4) is 0 Å². The molecular formula is C6H20O7S3. The van der Waals surface area contributed by atoms with E-state index in [1.54, 1.807) is 0 Å². The first-order valence-electron chi connectivity index (χ1n) is 2.97. The van der Waals surface area contributed by atoms with Crippen LogP contribution in [0, 0.1) is 0 Å². The largest absolute Gasteiger partial charge is 0.278 e. The first kappa shape index (κ1) is 24.9. The van der Waals surface area contributed by atoms with Gasteiger partial charge in [0.15, 0.2) is 0 Å². The van der Waals surface area contributed by atoms with Gasteiger partial charge in [-0.3, -0.25) is 0 Å². The molecule has 0 bridgehead atoms. The number of hydrogen-bond donors (Lipinski definition) is 0. The smallest absolute Gasteiger partial charge is 0.229 e. The number of sulfone groups is 1. The fourth-order valence-corrected chi connectivity index (χ4v) is 2.02. The van der Waals surface area contributed by atoms with E-state index in [0.29, 0.717) is 12.5 Å². The summed E-state index contributed by atoms with van der Waals surface area (Å²) >= 11 is 0. The van der Waals surface area contributed by atoms with Gasteiger partial charge in [0.25, 0.3) is 20.2 Å². The maximum atomic E-state index is 10.0. The Morgan fingerprint density at radius 2 is 0.750 bits per heavy atom. The Morgan fingerprint density at radius 3 is 0.750 bits per heavy atom. The van der Waals surface area contributed by atoms with Gasteiger partial charge in [-0.2, -0.15) is 16.8 Å². The van der Waals surface area contributed by atoms with Crippen molar-refractivity contribution < 1.29 is 28.9 Å². The van der Waals surface area contributed by atoms with E-state index in [1.807, 2.05) is 0 Å². The summed E-state index contributed by atoms with van der Waals surface area (Å²) in [5.41, 5.74) is 0. The van der Waals surface area contributed by atoms with Crippen molar-refractivity contribution in [3.05, 3.63) is 0 Å². The topological polar surface area (TPSA) is 112 Å². The zero-order valence-corrected chi connectivity index (χ0v) is 10.5. The number of hydrogen-bond acceptors (Lipinski definition) is 7. The average molecular weight is 300 g/mol. The van der Waals surface area contributed by atoms with Gasteiger partial charge >= 0.3 is 0 Å². The van der Waals surface area contributed by atoms with Crippen molar-refractivity contribution >= 4 is 30.1 Å². The molecule has 0 aromatic heterocycles. The van der Waals surface area contributed by atoms with Crippen LogP contribution in [0.4, 0.5) is 0 Å². The van der Waals surface area contributed by atoms with Crippen LogP contribution >= 0.6 is 0 Å². The van der Waals surface area contributed by atoms with Gasteiger partial charge in [-0.05, 0) is 0 Å². The van der Waals surface area contributed by atoms with E-state index in [1.165, 1.54) is 0 Å². The van der Waals surface area contributed by atoms with Crippen molar-refractivity contribution in [3.63, 3.8) is 0 Å². The van der Waals surface area contributed by atoms with Gasteiger partial charge in [-0.25, -0.2) is 8.42 Å². The van der Waals surface area contributed by atoms with Crippen LogP contribution in [0.25, 0.3) is 0 Å². The molecule has 0 N–H and O–H groups in total. The molecule has 10 heteroatoms. The van der Waals surface area contributed by atoms with E-state index < -0.39 is 30.1 Å². The van der Waals surface area contributed by atoms with Gasteiger partial charge in [-0.15, -0.1) is 3.63 Å². The molecule has 0 aliphatic heterocycles. The highest BCUT2D eigenvalue weighted by Crippen LogP contribution is 1.92.